The van der Waals surface area contributed by atoms with E-state index in [4.69, 9.17) is 4.74 Å². The van der Waals surface area contributed by atoms with Gasteiger partial charge in [0.15, 0.2) is 0 Å². The number of hydrogen-bond acceptors (Lipinski definition) is 3. The topological polar surface area (TPSA) is 61.8 Å². The Bertz CT molecular complexity index is 517. The molecule has 2 rings (SSSR count). The predicted molar refractivity (Wildman–Crippen MR) is 94.9 cm³/mol. The summed E-state index contributed by atoms with van der Waals surface area (Å²) in [6, 6.07) is 10.2. The van der Waals surface area contributed by atoms with E-state index in [9.17, 15) is 9.90 Å². The number of ether oxygens (including phenoxy) is 1. The van der Waals surface area contributed by atoms with Gasteiger partial charge in [0.2, 0.25) is 0 Å². The summed E-state index contributed by atoms with van der Waals surface area (Å²) in [4.78, 5) is 14.3. The van der Waals surface area contributed by atoms with Gasteiger partial charge >= 0.3 is 6.03 Å². The third-order valence-corrected chi connectivity index (χ3v) is 4.30. The molecular formula is C19H30N2O3. The van der Waals surface area contributed by atoms with Gasteiger partial charge in [0, 0.05) is 26.1 Å². The summed E-state index contributed by atoms with van der Waals surface area (Å²) < 4.78 is 5.81. The smallest absolute Gasteiger partial charge is 0.317 e. The fourth-order valence-corrected chi connectivity index (χ4v) is 3.20. The molecule has 0 spiro atoms. The van der Waals surface area contributed by atoms with Crippen molar-refractivity contribution >= 4 is 6.03 Å². The van der Waals surface area contributed by atoms with Crippen LogP contribution >= 0.6 is 0 Å². The highest BCUT2D eigenvalue weighted by atomic mass is 16.5. The second-order valence-corrected chi connectivity index (χ2v) is 7.50. The van der Waals surface area contributed by atoms with Crippen molar-refractivity contribution in [3.8, 4) is 0 Å². The number of morpholine rings is 1. The maximum atomic E-state index is 12.4. The Hall–Kier alpha value is -1.59. The van der Waals surface area contributed by atoms with E-state index in [1.54, 1.807) is 6.92 Å². The summed E-state index contributed by atoms with van der Waals surface area (Å²) in [5, 5.41) is 12.5. The third kappa shape index (κ3) is 6.13. The summed E-state index contributed by atoms with van der Waals surface area (Å²) in [7, 11) is 0. The van der Waals surface area contributed by atoms with Crippen molar-refractivity contribution in [1.82, 2.24) is 10.2 Å². The van der Waals surface area contributed by atoms with E-state index >= 15 is 0 Å². The lowest BCUT2D eigenvalue weighted by molar-refractivity contribution is -0.0136. The van der Waals surface area contributed by atoms with E-state index in [2.05, 4.69) is 31.3 Å². The van der Waals surface area contributed by atoms with Crippen molar-refractivity contribution < 1.29 is 14.6 Å². The van der Waals surface area contributed by atoms with Crippen LogP contribution in [-0.2, 0) is 11.2 Å². The highest BCUT2D eigenvalue weighted by molar-refractivity contribution is 5.74. The zero-order valence-corrected chi connectivity index (χ0v) is 15.0. The number of nitrogens with one attached hydrogen (secondary N) is 1. The average molecular weight is 334 g/mol. The van der Waals surface area contributed by atoms with Crippen LogP contribution in [0.3, 0.4) is 0 Å². The highest BCUT2D eigenvalue weighted by Crippen LogP contribution is 2.21. The number of nitrogens with zero attached hydrogens (tertiary/aromatic N) is 1. The predicted octanol–water partition coefficient (Wildman–Crippen LogP) is 2.44. The lowest BCUT2D eigenvalue weighted by Crippen LogP contribution is -2.51. The first kappa shape index (κ1) is 18.7. The molecule has 1 fully saturated rings. The molecule has 2 N–H and O–H groups in total. The van der Waals surface area contributed by atoms with Gasteiger partial charge in [-0.1, -0.05) is 44.2 Å². The molecule has 1 aliphatic rings. The minimum Gasteiger partial charge on any atom is -0.393 e. The van der Waals surface area contributed by atoms with Crippen molar-refractivity contribution in [3.63, 3.8) is 0 Å². The Morgan fingerprint density at radius 2 is 2.12 bits per heavy atom. The molecule has 24 heavy (non-hydrogen) atoms. The normalized spacial score (nSPS) is 19.8. The number of benzene rings is 1. The largest absolute Gasteiger partial charge is 0.393 e. The molecule has 2 amide bonds. The first-order valence-electron chi connectivity index (χ1n) is 8.72. The quantitative estimate of drug-likeness (QED) is 0.840. The molecule has 2 atom stereocenters. The first-order valence-corrected chi connectivity index (χ1v) is 8.72. The molecule has 5 heteroatoms. The molecule has 1 aromatic carbocycles. The van der Waals surface area contributed by atoms with Crippen LogP contribution in [-0.4, -0.2) is 54.5 Å². The van der Waals surface area contributed by atoms with Crippen molar-refractivity contribution in [2.75, 3.05) is 26.2 Å². The molecule has 1 aliphatic heterocycles. The van der Waals surface area contributed by atoms with E-state index in [0.29, 0.717) is 32.7 Å². The Balaban J connectivity index is 1.82. The number of urea groups is 1. The summed E-state index contributed by atoms with van der Waals surface area (Å²) >= 11 is 0. The van der Waals surface area contributed by atoms with Crippen LogP contribution in [0.1, 0.15) is 32.8 Å². The number of hydrogen-bond donors (Lipinski definition) is 2. The number of amides is 2. The fraction of sp³-hybridized carbons (Fsp3) is 0.632. The molecule has 0 aliphatic carbocycles. The van der Waals surface area contributed by atoms with E-state index in [1.807, 2.05) is 23.1 Å². The van der Waals surface area contributed by atoms with Crippen LogP contribution in [0, 0.1) is 5.41 Å². The second kappa shape index (κ2) is 8.49. The van der Waals surface area contributed by atoms with Crippen LogP contribution in [0.25, 0.3) is 0 Å². The van der Waals surface area contributed by atoms with Gasteiger partial charge in [0.05, 0.1) is 18.8 Å². The summed E-state index contributed by atoms with van der Waals surface area (Å²) in [6.07, 6.45) is 1.15. The molecule has 0 bridgehead atoms. The molecule has 5 nitrogen and oxygen atoms in total. The minimum atomic E-state index is -0.365. The number of aliphatic hydroxyl groups is 1. The molecule has 0 aromatic heterocycles. The Kier molecular flexibility index (Phi) is 6.63. The Labute approximate surface area is 145 Å². The molecule has 0 saturated carbocycles. The van der Waals surface area contributed by atoms with Crippen LogP contribution < -0.4 is 5.32 Å². The highest BCUT2D eigenvalue weighted by Gasteiger charge is 2.26. The van der Waals surface area contributed by atoms with Crippen LogP contribution in [0.4, 0.5) is 4.79 Å². The SMILES string of the molecule is CC(O)CC(C)(C)CNC(=O)N1CCOC(Cc2ccccc2)C1. The van der Waals surface area contributed by atoms with E-state index < -0.39 is 0 Å². The van der Waals surface area contributed by atoms with Crippen LogP contribution in [0.5, 0.6) is 0 Å². The number of carbonyl (C=O) groups excluding carboxylic acids is 1. The van der Waals surface area contributed by atoms with Crippen LogP contribution in [0.2, 0.25) is 0 Å². The van der Waals surface area contributed by atoms with Gasteiger partial charge in [-0.2, -0.15) is 0 Å². The zero-order valence-electron chi connectivity index (χ0n) is 15.0. The van der Waals surface area contributed by atoms with Crippen LogP contribution in [0.15, 0.2) is 30.3 Å². The zero-order chi connectivity index (χ0) is 17.6. The molecule has 134 valence electrons. The van der Waals surface area contributed by atoms with Crippen molar-refractivity contribution in [3.05, 3.63) is 35.9 Å². The Morgan fingerprint density at radius 3 is 2.79 bits per heavy atom. The summed E-state index contributed by atoms with van der Waals surface area (Å²) in [5.74, 6) is 0. The van der Waals surface area contributed by atoms with Gasteiger partial charge in [-0.05, 0) is 24.3 Å². The van der Waals surface area contributed by atoms with Gasteiger partial charge < -0.3 is 20.1 Å². The maximum absolute atomic E-state index is 12.4. The number of carbonyl (C=O) groups is 1. The third-order valence-electron chi connectivity index (χ3n) is 4.30. The van der Waals surface area contributed by atoms with Gasteiger partial charge in [-0.15, -0.1) is 0 Å². The van der Waals surface area contributed by atoms with Crippen molar-refractivity contribution in [1.29, 1.82) is 0 Å². The first-order chi connectivity index (χ1) is 11.4. The van der Waals surface area contributed by atoms with Gasteiger partial charge in [-0.3, -0.25) is 0 Å². The molecule has 1 saturated heterocycles. The van der Waals surface area contributed by atoms with E-state index in [0.717, 1.165) is 6.42 Å². The van der Waals surface area contributed by atoms with Gasteiger partial charge in [-0.25, -0.2) is 4.79 Å². The van der Waals surface area contributed by atoms with Crippen molar-refractivity contribution in [2.24, 2.45) is 5.41 Å². The average Bonchev–Trinajstić information content (AvgIpc) is 2.53. The molecule has 0 radical (unpaired) electrons. The summed E-state index contributed by atoms with van der Waals surface area (Å²) in [6.45, 7) is 8.24. The molecular weight excluding hydrogens is 304 g/mol. The van der Waals surface area contributed by atoms with Gasteiger partial charge in [0.1, 0.15) is 0 Å². The number of rotatable bonds is 6. The molecule has 2 unspecified atom stereocenters. The van der Waals surface area contributed by atoms with E-state index in [1.165, 1.54) is 5.56 Å². The standard InChI is InChI=1S/C19H30N2O3/c1-15(22)12-19(2,3)14-20-18(23)21-9-10-24-17(13-21)11-16-7-5-4-6-8-16/h4-8,15,17,22H,9-14H2,1-3H3,(H,20,23). The minimum absolute atomic E-state index is 0.0392. The summed E-state index contributed by atoms with van der Waals surface area (Å²) in [5.41, 5.74) is 1.10. The number of aliphatic hydroxyl groups excluding tert-OH is 1. The maximum Gasteiger partial charge on any atom is 0.317 e. The lowest BCUT2D eigenvalue weighted by atomic mass is 9.87. The fourth-order valence-electron chi connectivity index (χ4n) is 3.20. The van der Waals surface area contributed by atoms with Crippen molar-refractivity contribution in [2.45, 2.75) is 45.8 Å². The van der Waals surface area contributed by atoms with Gasteiger partial charge in [0.25, 0.3) is 0 Å². The molecule has 1 heterocycles. The molecule has 1 aromatic rings. The second-order valence-electron chi connectivity index (χ2n) is 7.50. The monoisotopic (exact) mass is 334 g/mol. The lowest BCUT2D eigenvalue weighted by Gasteiger charge is -2.34. The van der Waals surface area contributed by atoms with E-state index in [-0.39, 0.29) is 23.7 Å². The Morgan fingerprint density at radius 1 is 1.42 bits per heavy atom.